The highest BCUT2D eigenvalue weighted by molar-refractivity contribution is 6.71. The predicted molar refractivity (Wildman–Crippen MR) is 62.1 cm³/mol. The van der Waals surface area contributed by atoms with Gasteiger partial charge >= 0.3 is 0 Å². The fourth-order valence-electron chi connectivity index (χ4n) is 1.76. The van der Waals surface area contributed by atoms with Gasteiger partial charge in [0.15, 0.2) is 8.32 Å². The summed E-state index contributed by atoms with van der Waals surface area (Å²) in [6.45, 7) is 10.0. The van der Waals surface area contributed by atoms with Crippen molar-refractivity contribution in [3.8, 4) is 0 Å². The highest BCUT2D eigenvalue weighted by Gasteiger charge is 2.36. The molecular weight excluding hydrogens is 192 g/mol. The van der Waals surface area contributed by atoms with E-state index in [1.165, 1.54) is 18.9 Å². The summed E-state index contributed by atoms with van der Waals surface area (Å²) in [5.74, 6) is 0. The molecule has 1 unspecified atom stereocenters. The first-order valence-corrected chi connectivity index (χ1v) is 9.00. The van der Waals surface area contributed by atoms with Gasteiger partial charge in [-0.2, -0.15) is 0 Å². The molecule has 0 aromatic carbocycles. The molecule has 1 fully saturated rings. The smallest absolute Gasteiger partial charge is 0.187 e. The molecule has 2 nitrogen and oxygen atoms in total. The van der Waals surface area contributed by atoms with E-state index in [2.05, 4.69) is 26.9 Å². The Bertz CT molecular complexity index is 167. The molecule has 2 atom stereocenters. The van der Waals surface area contributed by atoms with Crippen LogP contribution in [-0.4, -0.2) is 27.1 Å². The van der Waals surface area contributed by atoms with E-state index in [4.69, 9.17) is 9.16 Å². The summed E-state index contributed by atoms with van der Waals surface area (Å²) in [4.78, 5) is 0. The Morgan fingerprint density at radius 3 is 2.50 bits per heavy atom. The van der Waals surface area contributed by atoms with Crippen LogP contribution in [-0.2, 0) is 9.16 Å². The Kier molecular flexibility index (Phi) is 4.61. The lowest BCUT2D eigenvalue weighted by atomic mass is 10.2. The topological polar surface area (TPSA) is 21.8 Å². The average molecular weight is 216 g/mol. The molecule has 14 heavy (non-hydrogen) atoms. The van der Waals surface area contributed by atoms with Crippen molar-refractivity contribution in [3.05, 3.63) is 0 Å². The van der Waals surface area contributed by atoms with Gasteiger partial charge in [-0.15, -0.1) is 0 Å². The summed E-state index contributed by atoms with van der Waals surface area (Å²) >= 11 is 0. The zero-order valence-corrected chi connectivity index (χ0v) is 11.0. The largest absolute Gasteiger partial charge is 0.412 e. The van der Waals surface area contributed by atoms with Gasteiger partial charge in [0.2, 0.25) is 0 Å². The van der Waals surface area contributed by atoms with E-state index in [9.17, 15) is 0 Å². The van der Waals surface area contributed by atoms with E-state index in [1.807, 2.05) is 0 Å². The molecule has 1 rings (SSSR count). The van der Waals surface area contributed by atoms with Crippen LogP contribution in [0.3, 0.4) is 0 Å². The van der Waals surface area contributed by atoms with Crippen molar-refractivity contribution in [1.82, 2.24) is 0 Å². The molecule has 0 aromatic rings. The van der Waals surface area contributed by atoms with E-state index in [1.54, 1.807) is 0 Å². The normalized spacial score (nSPS) is 23.6. The van der Waals surface area contributed by atoms with Crippen molar-refractivity contribution in [1.29, 1.82) is 0 Å². The molecule has 1 saturated heterocycles. The number of rotatable bonds is 7. The Morgan fingerprint density at radius 2 is 2.07 bits per heavy atom. The molecule has 0 saturated carbocycles. The summed E-state index contributed by atoms with van der Waals surface area (Å²) < 4.78 is 11.5. The van der Waals surface area contributed by atoms with Crippen molar-refractivity contribution >= 4 is 8.32 Å². The molecule has 0 bridgehead atoms. The van der Waals surface area contributed by atoms with Gasteiger partial charge < -0.3 is 9.16 Å². The first-order chi connectivity index (χ1) is 6.59. The summed E-state index contributed by atoms with van der Waals surface area (Å²) in [6, 6.07) is 1.28. The Labute approximate surface area is 89.1 Å². The minimum atomic E-state index is -1.41. The number of hydrogen-bond donors (Lipinski definition) is 0. The quantitative estimate of drug-likeness (QED) is 0.481. The van der Waals surface area contributed by atoms with Crippen LogP contribution in [0, 0.1) is 0 Å². The predicted octanol–water partition coefficient (Wildman–Crippen LogP) is 3.19. The van der Waals surface area contributed by atoms with Crippen LogP contribution in [0.25, 0.3) is 0 Å². The van der Waals surface area contributed by atoms with Gasteiger partial charge in [0.05, 0.1) is 12.7 Å². The molecule has 1 aliphatic heterocycles. The Balaban J connectivity index is 2.30. The third kappa shape index (κ3) is 4.11. The van der Waals surface area contributed by atoms with Crippen LogP contribution in [0.2, 0.25) is 19.1 Å². The fourth-order valence-corrected chi connectivity index (χ4v) is 4.22. The van der Waals surface area contributed by atoms with E-state index in [0.717, 1.165) is 13.0 Å². The van der Waals surface area contributed by atoms with Crippen molar-refractivity contribution < 1.29 is 9.16 Å². The van der Waals surface area contributed by atoms with Gasteiger partial charge in [-0.25, -0.2) is 0 Å². The van der Waals surface area contributed by atoms with Crippen LogP contribution in [0.4, 0.5) is 0 Å². The van der Waals surface area contributed by atoms with Crippen molar-refractivity contribution in [2.75, 3.05) is 6.61 Å². The third-order valence-electron chi connectivity index (χ3n) is 2.78. The number of hydrogen-bond acceptors (Lipinski definition) is 2. The second-order valence-corrected chi connectivity index (χ2v) is 9.05. The van der Waals surface area contributed by atoms with Gasteiger partial charge in [-0.1, -0.05) is 26.7 Å². The lowest BCUT2D eigenvalue weighted by Crippen LogP contribution is -2.37. The highest BCUT2D eigenvalue weighted by atomic mass is 28.4. The molecule has 0 amide bonds. The van der Waals surface area contributed by atoms with Crippen molar-refractivity contribution in [2.24, 2.45) is 0 Å². The zero-order chi connectivity index (χ0) is 10.6. The summed E-state index contributed by atoms with van der Waals surface area (Å²) in [7, 11) is -1.41. The minimum absolute atomic E-state index is 0.369. The van der Waals surface area contributed by atoms with E-state index >= 15 is 0 Å². The van der Waals surface area contributed by atoms with Gasteiger partial charge in [-0.3, -0.25) is 0 Å². The fraction of sp³-hybridized carbons (Fsp3) is 1.00. The molecule has 0 spiro atoms. The van der Waals surface area contributed by atoms with Gasteiger partial charge in [0.25, 0.3) is 0 Å². The first kappa shape index (κ1) is 12.2. The SMILES string of the molecule is CCCC[Si](C)(C)O[C@@H](CC)C1CO1. The van der Waals surface area contributed by atoms with Crippen molar-refractivity contribution in [2.45, 2.75) is 64.5 Å². The molecule has 3 heteroatoms. The second kappa shape index (κ2) is 5.28. The van der Waals surface area contributed by atoms with Crippen LogP contribution in [0.5, 0.6) is 0 Å². The highest BCUT2D eigenvalue weighted by Crippen LogP contribution is 2.25. The van der Waals surface area contributed by atoms with Gasteiger partial charge in [0.1, 0.15) is 6.10 Å². The molecule has 0 aliphatic carbocycles. The molecular formula is C11H24O2Si. The molecule has 84 valence electrons. The van der Waals surface area contributed by atoms with Crippen LogP contribution >= 0.6 is 0 Å². The minimum Gasteiger partial charge on any atom is -0.412 e. The molecule has 0 aromatic heterocycles. The standard InChI is InChI=1S/C11H24O2Si/c1-5-7-8-14(3,4)13-10(6-2)11-9-12-11/h10-11H,5-9H2,1-4H3/t10-,11?/m0/s1. The van der Waals surface area contributed by atoms with Crippen LogP contribution in [0.15, 0.2) is 0 Å². The molecule has 0 N–H and O–H groups in total. The summed E-state index contributed by atoms with van der Waals surface area (Å²) in [6.07, 6.45) is 4.45. The van der Waals surface area contributed by atoms with Crippen molar-refractivity contribution in [3.63, 3.8) is 0 Å². The molecule has 1 aliphatic rings. The van der Waals surface area contributed by atoms with Gasteiger partial charge in [0, 0.05) is 0 Å². The second-order valence-electron chi connectivity index (χ2n) is 4.80. The lowest BCUT2D eigenvalue weighted by molar-refractivity contribution is 0.146. The van der Waals surface area contributed by atoms with Gasteiger partial charge in [-0.05, 0) is 25.6 Å². The van der Waals surface area contributed by atoms with E-state index in [0.29, 0.717) is 12.2 Å². The van der Waals surface area contributed by atoms with Crippen LogP contribution < -0.4 is 0 Å². The maximum Gasteiger partial charge on any atom is 0.187 e. The summed E-state index contributed by atoms with van der Waals surface area (Å²) in [5.41, 5.74) is 0. The third-order valence-corrected chi connectivity index (χ3v) is 5.28. The molecule has 1 heterocycles. The maximum atomic E-state index is 6.23. The lowest BCUT2D eigenvalue weighted by Gasteiger charge is -2.28. The first-order valence-electron chi connectivity index (χ1n) is 5.88. The maximum absolute atomic E-state index is 6.23. The Hall–Kier alpha value is 0.137. The monoisotopic (exact) mass is 216 g/mol. The number of epoxide rings is 1. The summed E-state index contributed by atoms with van der Waals surface area (Å²) in [5, 5.41) is 0. The number of ether oxygens (including phenoxy) is 1. The van der Waals surface area contributed by atoms with E-state index in [-0.39, 0.29) is 0 Å². The Morgan fingerprint density at radius 1 is 1.43 bits per heavy atom. The van der Waals surface area contributed by atoms with Crippen LogP contribution in [0.1, 0.15) is 33.1 Å². The molecule has 0 radical (unpaired) electrons. The average Bonchev–Trinajstić information content (AvgIpc) is 2.94. The number of unbranched alkanes of at least 4 members (excludes halogenated alkanes) is 1. The van der Waals surface area contributed by atoms with E-state index < -0.39 is 8.32 Å². The zero-order valence-electron chi connectivity index (χ0n) is 10.0.